The average molecular weight is 221 g/mol. The van der Waals surface area contributed by atoms with E-state index in [4.69, 9.17) is 0 Å². The zero-order valence-corrected chi connectivity index (χ0v) is 9.64. The highest BCUT2D eigenvalue weighted by molar-refractivity contribution is 5.60. The summed E-state index contributed by atoms with van der Waals surface area (Å²) in [5.74, 6) is 0. The van der Waals surface area contributed by atoms with Crippen molar-refractivity contribution in [3.8, 4) is 0 Å². The lowest BCUT2D eigenvalue weighted by atomic mass is 10.1. The van der Waals surface area contributed by atoms with Crippen molar-refractivity contribution in [2.24, 2.45) is 0 Å². The van der Waals surface area contributed by atoms with E-state index in [9.17, 15) is 0 Å². The summed E-state index contributed by atoms with van der Waals surface area (Å²) in [5, 5.41) is 3.52. The smallest absolute Gasteiger partial charge is 0.0488 e. The van der Waals surface area contributed by atoms with Crippen LogP contribution in [0.5, 0.6) is 0 Å². The van der Waals surface area contributed by atoms with E-state index in [0.29, 0.717) is 6.04 Å². The molecule has 17 heavy (non-hydrogen) atoms. The maximum Gasteiger partial charge on any atom is 0.0488 e. The maximum atomic E-state index is 3.52. The molecule has 2 aromatic rings. The summed E-state index contributed by atoms with van der Waals surface area (Å²) < 4.78 is 0. The zero-order valence-electron chi connectivity index (χ0n) is 9.64. The maximum absolute atomic E-state index is 3.52. The van der Waals surface area contributed by atoms with Crippen LogP contribution in [0, 0.1) is 0 Å². The number of fused-ring (bicyclic) bond motifs is 1. The van der Waals surface area contributed by atoms with E-state index in [2.05, 4.69) is 66.0 Å². The predicted molar refractivity (Wildman–Crippen MR) is 73.0 cm³/mol. The molecule has 1 N–H and O–H groups in total. The summed E-state index contributed by atoms with van der Waals surface area (Å²) >= 11 is 0. The Bertz CT molecular complexity index is 503. The highest BCUT2D eigenvalue weighted by Gasteiger charge is 2.16. The third-order valence-corrected chi connectivity index (χ3v) is 3.12. The fraction of sp³-hybridized carbons (Fsp3) is 0.125. The highest BCUT2D eigenvalue weighted by atomic mass is 14.9. The standard InChI is InChI=1S/C16H15N/c1-2-6-13(7-3-1)10-11-15-12-14-8-4-5-9-16(14)17-15/h1-11,15,17H,12H2. The summed E-state index contributed by atoms with van der Waals surface area (Å²) in [6.07, 6.45) is 5.51. The fourth-order valence-corrected chi connectivity index (χ4v) is 2.23. The van der Waals surface area contributed by atoms with E-state index < -0.39 is 0 Å². The summed E-state index contributed by atoms with van der Waals surface area (Å²) in [7, 11) is 0. The molecule has 0 amide bonds. The third-order valence-electron chi connectivity index (χ3n) is 3.12. The first-order chi connectivity index (χ1) is 8.42. The lowest BCUT2D eigenvalue weighted by Gasteiger charge is -2.04. The first-order valence-corrected chi connectivity index (χ1v) is 5.99. The van der Waals surface area contributed by atoms with Crippen LogP contribution in [-0.4, -0.2) is 6.04 Å². The average Bonchev–Trinajstić information content (AvgIpc) is 2.80. The van der Waals surface area contributed by atoms with Gasteiger partial charge in [0.1, 0.15) is 0 Å². The molecule has 2 aromatic carbocycles. The van der Waals surface area contributed by atoms with Crippen LogP contribution in [0.1, 0.15) is 11.1 Å². The van der Waals surface area contributed by atoms with E-state index in [1.165, 1.54) is 16.8 Å². The van der Waals surface area contributed by atoms with Crippen LogP contribution in [0.3, 0.4) is 0 Å². The Hall–Kier alpha value is -2.02. The molecule has 0 saturated carbocycles. The zero-order chi connectivity index (χ0) is 11.5. The molecule has 0 radical (unpaired) electrons. The number of para-hydroxylation sites is 1. The van der Waals surface area contributed by atoms with Crippen LogP contribution in [0.25, 0.3) is 6.08 Å². The van der Waals surface area contributed by atoms with Gasteiger partial charge < -0.3 is 5.32 Å². The number of nitrogens with one attached hydrogen (secondary N) is 1. The minimum atomic E-state index is 0.424. The van der Waals surface area contributed by atoms with Gasteiger partial charge in [-0.05, 0) is 23.6 Å². The molecule has 0 spiro atoms. The Morgan fingerprint density at radius 1 is 0.941 bits per heavy atom. The Kier molecular flexibility index (Phi) is 2.66. The highest BCUT2D eigenvalue weighted by Crippen LogP contribution is 2.25. The van der Waals surface area contributed by atoms with Crippen LogP contribution in [0.4, 0.5) is 5.69 Å². The first kappa shape index (κ1) is 10.2. The molecule has 1 aliphatic heterocycles. The molecule has 1 unspecified atom stereocenters. The van der Waals surface area contributed by atoms with Gasteiger partial charge in [-0.1, -0.05) is 60.7 Å². The predicted octanol–water partition coefficient (Wildman–Crippen LogP) is 3.74. The Balaban J connectivity index is 1.72. The molecule has 0 aromatic heterocycles. The Labute approximate surface area is 102 Å². The van der Waals surface area contributed by atoms with Gasteiger partial charge in [-0.2, -0.15) is 0 Å². The first-order valence-electron chi connectivity index (χ1n) is 5.99. The van der Waals surface area contributed by atoms with Crippen molar-refractivity contribution in [2.45, 2.75) is 12.5 Å². The lowest BCUT2D eigenvalue weighted by molar-refractivity contribution is 0.929. The Morgan fingerprint density at radius 2 is 1.71 bits per heavy atom. The summed E-state index contributed by atoms with van der Waals surface area (Å²) in [6.45, 7) is 0. The van der Waals surface area contributed by atoms with Crippen LogP contribution in [0.15, 0.2) is 60.7 Å². The van der Waals surface area contributed by atoms with Crippen molar-refractivity contribution < 1.29 is 0 Å². The van der Waals surface area contributed by atoms with Gasteiger partial charge in [0.15, 0.2) is 0 Å². The molecule has 3 rings (SSSR count). The third kappa shape index (κ3) is 2.23. The molecule has 0 aliphatic carbocycles. The molecular weight excluding hydrogens is 206 g/mol. The van der Waals surface area contributed by atoms with Gasteiger partial charge in [0.2, 0.25) is 0 Å². The van der Waals surface area contributed by atoms with E-state index in [1.54, 1.807) is 0 Å². The molecule has 0 bridgehead atoms. The molecule has 0 saturated heterocycles. The summed E-state index contributed by atoms with van der Waals surface area (Å²) in [6, 6.07) is 19.4. The van der Waals surface area contributed by atoms with Gasteiger partial charge >= 0.3 is 0 Å². The number of hydrogen-bond acceptors (Lipinski definition) is 1. The second kappa shape index (κ2) is 4.46. The number of rotatable bonds is 2. The Morgan fingerprint density at radius 3 is 2.53 bits per heavy atom. The second-order valence-electron chi connectivity index (χ2n) is 4.38. The SMILES string of the molecule is C(=CC1Cc2ccccc2N1)c1ccccc1. The lowest BCUT2D eigenvalue weighted by Crippen LogP contribution is -2.10. The van der Waals surface area contributed by atoms with Gasteiger partial charge in [-0.3, -0.25) is 0 Å². The molecule has 1 aliphatic rings. The van der Waals surface area contributed by atoms with Crippen LogP contribution in [0.2, 0.25) is 0 Å². The minimum absolute atomic E-state index is 0.424. The largest absolute Gasteiger partial charge is 0.378 e. The van der Waals surface area contributed by atoms with E-state index >= 15 is 0 Å². The second-order valence-corrected chi connectivity index (χ2v) is 4.38. The number of anilines is 1. The van der Waals surface area contributed by atoms with Crippen molar-refractivity contribution in [3.05, 3.63) is 71.8 Å². The summed E-state index contributed by atoms with van der Waals surface area (Å²) in [4.78, 5) is 0. The molecule has 1 nitrogen and oxygen atoms in total. The van der Waals surface area contributed by atoms with Crippen molar-refractivity contribution in [3.63, 3.8) is 0 Å². The molecule has 0 fully saturated rings. The molecule has 84 valence electrons. The van der Waals surface area contributed by atoms with E-state index in [0.717, 1.165) is 6.42 Å². The van der Waals surface area contributed by atoms with Crippen LogP contribution in [-0.2, 0) is 6.42 Å². The van der Waals surface area contributed by atoms with Crippen molar-refractivity contribution in [1.82, 2.24) is 0 Å². The van der Waals surface area contributed by atoms with Gasteiger partial charge in [0.25, 0.3) is 0 Å². The van der Waals surface area contributed by atoms with Crippen LogP contribution < -0.4 is 5.32 Å². The number of hydrogen-bond donors (Lipinski definition) is 1. The monoisotopic (exact) mass is 221 g/mol. The normalized spacial score (nSPS) is 18.0. The van der Waals surface area contributed by atoms with Gasteiger partial charge in [0, 0.05) is 11.7 Å². The topological polar surface area (TPSA) is 12.0 Å². The van der Waals surface area contributed by atoms with Gasteiger partial charge in [-0.25, -0.2) is 0 Å². The van der Waals surface area contributed by atoms with Gasteiger partial charge in [0.05, 0.1) is 0 Å². The number of benzene rings is 2. The van der Waals surface area contributed by atoms with E-state index in [-0.39, 0.29) is 0 Å². The quantitative estimate of drug-likeness (QED) is 0.814. The van der Waals surface area contributed by atoms with E-state index in [1.807, 2.05) is 6.07 Å². The van der Waals surface area contributed by atoms with Gasteiger partial charge in [-0.15, -0.1) is 0 Å². The molecular formula is C16H15N. The van der Waals surface area contributed by atoms with Crippen LogP contribution >= 0.6 is 0 Å². The molecule has 1 heteroatoms. The summed E-state index contributed by atoms with van der Waals surface area (Å²) in [5.41, 5.74) is 3.94. The minimum Gasteiger partial charge on any atom is -0.378 e. The molecule has 1 heterocycles. The molecule has 1 atom stereocenters. The van der Waals surface area contributed by atoms with Crippen molar-refractivity contribution >= 4 is 11.8 Å². The van der Waals surface area contributed by atoms with Crippen molar-refractivity contribution in [1.29, 1.82) is 0 Å². The van der Waals surface area contributed by atoms with Crippen molar-refractivity contribution in [2.75, 3.05) is 5.32 Å². The fourth-order valence-electron chi connectivity index (χ4n) is 2.23.